The fourth-order valence-corrected chi connectivity index (χ4v) is 2.25. The fourth-order valence-electron chi connectivity index (χ4n) is 2.25. The number of carbonyl (C=O) groups is 1. The number of nitrogens with zero attached hydrogens (tertiary/aromatic N) is 1. The van der Waals surface area contributed by atoms with Gasteiger partial charge in [0.25, 0.3) is 0 Å². The molecule has 0 N–H and O–H groups in total. The van der Waals surface area contributed by atoms with Gasteiger partial charge in [-0.1, -0.05) is 43.7 Å². The Labute approximate surface area is 122 Å². The molecule has 0 saturated carbocycles. The molecular formula is C17H27NO2. The maximum atomic E-state index is 12.6. The van der Waals surface area contributed by atoms with Gasteiger partial charge in [-0.05, 0) is 19.8 Å². The molecule has 1 atom stereocenters. The minimum absolute atomic E-state index is 0.116. The number of hydrogen-bond donors (Lipinski definition) is 0. The number of hydrogen-bond acceptors (Lipinski definition) is 3. The molecule has 0 amide bonds. The normalized spacial score (nSPS) is 12.9. The third kappa shape index (κ3) is 5.06. The lowest BCUT2D eigenvalue weighted by Crippen LogP contribution is -2.43. The van der Waals surface area contributed by atoms with Gasteiger partial charge in [0.1, 0.15) is 0 Å². The molecule has 1 aromatic rings. The first-order valence-electron chi connectivity index (χ1n) is 7.29. The molecule has 112 valence electrons. The van der Waals surface area contributed by atoms with Crippen molar-refractivity contribution < 1.29 is 9.53 Å². The van der Waals surface area contributed by atoms with Crippen LogP contribution in [0.5, 0.6) is 0 Å². The average Bonchev–Trinajstić information content (AvgIpc) is 2.42. The zero-order valence-electron chi connectivity index (χ0n) is 13.3. The van der Waals surface area contributed by atoms with Crippen molar-refractivity contribution in [3.63, 3.8) is 0 Å². The molecule has 0 saturated heterocycles. The highest BCUT2D eigenvalue weighted by atomic mass is 16.5. The fraction of sp³-hybridized carbons (Fsp3) is 0.588. The van der Waals surface area contributed by atoms with Crippen LogP contribution in [-0.4, -0.2) is 43.5 Å². The van der Waals surface area contributed by atoms with Crippen molar-refractivity contribution in [2.45, 2.75) is 33.7 Å². The Morgan fingerprint density at radius 1 is 1.20 bits per heavy atom. The van der Waals surface area contributed by atoms with E-state index in [0.29, 0.717) is 12.5 Å². The van der Waals surface area contributed by atoms with Gasteiger partial charge in [-0.25, -0.2) is 0 Å². The Morgan fingerprint density at radius 2 is 1.80 bits per heavy atom. The summed E-state index contributed by atoms with van der Waals surface area (Å²) in [7, 11) is 1.69. The predicted molar refractivity (Wildman–Crippen MR) is 83.3 cm³/mol. The summed E-state index contributed by atoms with van der Waals surface area (Å²) in [5, 5.41) is 0. The maximum absolute atomic E-state index is 12.6. The van der Waals surface area contributed by atoms with Gasteiger partial charge in [-0.3, -0.25) is 9.69 Å². The molecular weight excluding hydrogens is 250 g/mol. The van der Waals surface area contributed by atoms with Gasteiger partial charge in [0.05, 0.1) is 12.6 Å². The third-order valence-electron chi connectivity index (χ3n) is 3.45. The lowest BCUT2D eigenvalue weighted by atomic mass is 10.0. The first kappa shape index (κ1) is 16.9. The van der Waals surface area contributed by atoms with Crippen molar-refractivity contribution in [1.29, 1.82) is 0 Å². The molecule has 1 unspecified atom stereocenters. The van der Waals surface area contributed by atoms with Crippen molar-refractivity contribution in [2.75, 3.05) is 26.8 Å². The smallest absolute Gasteiger partial charge is 0.179 e. The van der Waals surface area contributed by atoms with Gasteiger partial charge in [-0.15, -0.1) is 0 Å². The van der Waals surface area contributed by atoms with Crippen LogP contribution in [0.15, 0.2) is 24.3 Å². The van der Waals surface area contributed by atoms with Gasteiger partial charge in [0, 0.05) is 25.8 Å². The summed E-state index contributed by atoms with van der Waals surface area (Å²) in [5.41, 5.74) is 1.96. The van der Waals surface area contributed by atoms with Gasteiger partial charge in [-0.2, -0.15) is 0 Å². The number of rotatable bonds is 8. The molecule has 20 heavy (non-hydrogen) atoms. The summed E-state index contributed by atoms with van der Waals surface area (Å²) < 4.78 is 5.15. The van der Waals surface area contributed by atoms with E-state index in [0.717, 1.165) is 18.7 Å². The molecule has 3 nitrogen and oxygen atoms in total. The van der Waals surface area contributed by atoms with Crippen molar-refractivity contribution in [3.8, 4) is 0 Å². The highest BCUT2D eigenvalue weighted by molar-refractivity contribution is 5.99. The van der Waals surface area contributed by atoms with Crippen LogP contribution in [0.2, 0.25) is 0 Å². The Hall–Kier alpha value is -1.19. The van der Waals surface area contributed by atoms with Crippen LogP contribution in [0.25, 0.3) is 0 Å². The minimum atomic E-state index is -0.116. The van der Waals surface area contributed by atoms with Crippen molar-refractivity contribution in [2.24, 2.45) is 5.92 Å². The molecule has 0 radical (unpaired) electrons. The minimum Gasteiger partial charge on any atom is -0.383 e. The lowest BCUT2D eigenvalue weighted by molar-refractivity contribution is 0.0750. The Morgan fingerprint density at radius 3 is 2.30 bits per heavy atom. The Kier molecular flexibility index (Phi) is 6.89. The molecule has 0 spiro atoms. The summed E-state index contributed by atoms with van der Waals surface area (Å²) in [6, 6.07) is 7.69. The molecule has 0 aliphatic rings. The number of ketones is 1. The van der Waals surface area contributed by atoms with E-state index >= 15 is 0 Å². The molecule has 1 aromatic carbocycles. The van der Waals surface area contributed by atoms with E-state index in [1.54, 1.807) is 7.11 Å². The lowest BCUT2D eigenvalue weighted by Gasteiger charge is -2.29. The second-order valence-electron chi connectivity index (χ2n) is 5.79. The van der Waals surface area contributed by atoms with E-state index in [1.807, 2.05) is 38.1 Å². The molecule has 0 aromatic heterocycles. The van der Waals surface area contributed by atoms with Crippen LogP contribution in [0.3, 0.4) is 0 Å². The largest absolute Gasteiger partial charge is 0.383 e. The van der Waals surface area contributed by atoms with Gasteiger partial charge in [0.2, 0.25) is 0 Å². The van der Waals surface area contributed by atoms with Gasteiger partial charge < -0.3 is 4.74 Å². The first-order valence-corrected chi connectivity index (χ1v) is 7.29. The first-order chi connectivity index (χ1) is 9.45. The number of Topliss-reactive ketones (excluding diaryl/α,β-unsaturated/α-hetero) is 1. The van der Waals surface area contributed by atoms with E-state index in [2.05, 4.69) is 18.7 Å². The van der Waals surface area contributed by atoms with Crippen LogP contribution < -0.4 is 0 Å². The zero-order chi connectivity index (χ0) is 15.1. The predicted octanol–water partition coefficient (Wildman–Crippen LogP) is 3.17. The quantitative estimate of drug-likeness (QED) is 0.684. The number of carbonyl (C=O) groups excluding carboxylic acids is 1. The van der Waals surface area contributed by atoms with E-state index in [1.165, 1.54) is 5.56 Å². The number of aryl methyl sites for hydroxylation is 1. The summed E-state index contributed by atoms with van der Waals surface area (Å²) >= 11 is 0. The zero-order valence-corrected chi connectivity index (χ0v) is 13.3. The van der Waals surface area contributed by atoms with Gasteiger partial charge in [0.15, 0.2) is 5.78 Å². The highest BCUT2D eigenvalue weighted by Gasteiger charge is 2.22. The van der Waals surface area contributed by atoms with Crippen LogP contribution >= 0.6 is 0 Å². The summed E-state index contributed by atoms with van der Waals surface area (Å²) in [6.07, 6.45) is 0. The average molecular weight is 277 g/mol. The second-order valence-corrected chi connectivity index (χ2v) is 5.79. The second kappa shape index (κ2) is 8.18. The number of benzene rings is 1. The van der Waals surface area contributed by atoms with Crippen molar-refractivity contribution in [1.82, 2.24) is 4.90 Å². The SMILES string of the molecule is COCCN(CC(C)C)C(C)C(=O)c1ccc(C)cc1. The maximum Gasteiger partial charge on any atom is 0.179 e. The standard InChI is InChI=1S/C17H27NO2/c1-13(2)12-18(10-11-20-5)15(4)17(19)16-8-6-14(3)7-9-16/h6-9,13,15H,10-12H2,1-5H3. The number of methoxy groups -OCH3 is 1. The molecule has 1 rings (SSSR count). The summed E-state index contributed by atoms with van der Waals surface area (Å²) in [6.45, 7) is 10.7. The molecule has 0 fully saturated rings. The topological polar surface area (TPSA) is 29.5 Å². The molecule has 0 aliphatic carbocycles. The third-order valence-corrected chi connectivity index (χ3v) is 3.45. The summed E-state index contributed by atoms with van der Waals surface area (Å²) in [4.78, 5) is 14.8. The van der Waals surface area contributed by atoms with Crippen LogP contribution in [0.4, 0.5) is 0 Å². The van der Waals surface area contributed by atoms with Crippen LogP contribution in [0, 0.1) is 12.8 Å². The number of ether oxygens (including phenoxy) is 1. The van der Waals surface area contributed by atoms with Crippen molar-refractivity contribution in [3.05, 3.63) is 35.4 Å². The molecule has 0 bridgehead atoms. The van der Waals surface area contributed by atoms with E-state index < -0.39 is 0 Å². The van der Waals surface area contributed by atoms with Crippen LogP contribution in [0.1, 0.15) is 36.7 Å². The van der Waals surface area contributed by atoms with E-state index in [9.17, 15) is 4.79 Å². The van der Waals surface area contributed by atoms with Crippen LogP contribution in [-0.2, 0) is 4.74 Å². The van der Waals surface area contributed by atoms with Gasteiger partial charge >= 0.3 is 0 Å². The highest BCUT2D eigenvalue weighted by Crippen LogP contribution is 2.12. The molecule has 0 heterocycles. The molecule has 3 heteroatoms. The monoisotopic (exact) mass is 277 g/mol. The molecule has 0 aliphatic heterocycles. The van der Waals surface area contributed by atoms with E-state index in [-0.39, 0.29) is 11.8 Å². The van der Waals surface area contributed by atoms with Crippen molar-refractivity contribution >= 4 is 5.78 Å². The Balaban J connectivity index is 2.78. The van der Waals surface area contributed by atoms with E-state index in [4.69, 9.17) is 4.74 Å². The Bertz CT molecular complexity index is 412. The summed E-state index contributed by atoms with van der Waals surface area (Å²) in [5.74, 6) is 0.710.